The summed E-state index contributed by atoms with van der Waals surface area (Å²) < 4.78 is 10.5. The van der Waals surface area contributed by atoms with Crippen molar-refractivity contribution < 1.29 is 9.26 Å². The molecule has 5 nitrogen and oxygen atoms in total. The number of benzene rings is 1. The normalized spacial score (nSPS) is 10.1. The van der Waals surface area contributed by atoms with Crippen LogP contribution in [-0.2, 0) is 13.1 Å². The SMILES string of the molecule is C#CCOc1ccccc1CNCc1nc(C)no1. The molecule has 0 aliphatic carbocycles. The number of hydrogen-bond donors (Lipinski definition) is 1. The predicted molar refractivity (Wildman–Crippen MR) is 70.3 cm³/mol. The fourth-order valence-corrected chi connectivity index (χ4v) is 1.63. The first-order valence-electron chi connectivity index (χ1n) is 5.93. The van der Waals surface area contributed by atoms with Crippen molar-refractivity contribution in [3.05, 3.63) is 41.5 Å². The van der Waals surface area contributed by atoms with Crippen molar-refractivity contribution in [1.29, 1.82) is 0 Å². The molecule has 2 aromatic rings. The molecule has 0 aliphatic rings. The van der Waals surface area contributed by atoms with Crippen LogP contribution in [0.2, 0.25) is 0 Å². The van der Waals surface area contributed by atoms with Crippen LogP contribution in [0.5, 0.6) is 5.75 Å². The van der Waals surface area contributed by atoms with E-state index in [4.69, 9.17) is 15.7 Å². The number of nitrogens with one attached hydrogen (secondary N) is 1. The van der Waals surface area contributed by atoms with E-state index < -0.39 is 0 Å². The predicted octanol–water partition coefficient (Wildman–Crippen LogP) is 1.68. The number of terminal acetylenes is 1. The van der Waals surface area contributed by atoms with E-state index in [-0.39, 0.29) is 6.61 Å². The number of aryl methyl sites for hydroxylation is 1. The van der Waals surface area contributed by atoms with Crippen molar-refractivity contribution in [2.45, 2.75) is 20.0 Å². The highest BCUT2D eigenvalue weighted by molar-refractivity contribution is 5.33. The smallest absolute Gasteiger partial charge is 0.240 e. The standard InChI is InChI=1S/C14H15N3O2/c1-3-8-18-13-7-5-4-6-12(13)9-15-10-14-16-11(2)17-19-14/h1,4-7,15H,8-10H2,2H3. The summed E-state index contributed by atoms with van der Waals surface area (Å²) in [5.41, 5.74) is 1.04. The molecule has 2 rings (SSSR count). The zero-order chi connectivity index (χ0) is 13.5. The van der Waals surface area contributed by atoms with Gasteiger partial charge in [0.1, 0.15) is 12.4 Å². The van der Waals surface area contributed by atoms with E-state index in [1.54, 1.807) is 6.92 Å². The quantitative estimate of drug-likeness (QED) is 0.798. The van der Waals surface area contributed by atoms with Crippen LogP contribution in [0.1, 0.15) is 17.3 Å². The van der Waals surface area contributed by atoms with E-state index in [1.807, 2.05) is 24.3 Å². The third-order valence-corrected chi connectivity index (χ3v) is 2.44. The zero-order valence-electron chi connectivity index (χ0n) is 10.7. The van der Waals surface area contributed by atoms with Crippen molar-refractivity contribution in [3.63, 3.8) is 0 Å². The Morgan fingerprint density at radius 2 is 2.21 bits per heavy atom. The minimum atomic E-state index is 0.264. The lowest BCUT2D eigenvalue weighted by Gasteiger charge is -2.09. The number of nitrogens with zero attached hydrogens (tertiary/aromatic N) is 2. The lowest BCUT2D eigenvalue weighted by Crippen LogP contribution is -2.14. The van der Waals surface area contributed by atoms with Gasteiger partial charge in [-0.15, -0.1) is 6.42 Å². The molecular formula is C14H15N3O2. The number of rotatable bonds is 6. The minimum absolute atomic E-state index is 0.264. The molecule has 1 aromatic heterocycles. The summed E-state index contributed by atoms with van der Waals surface area (Å²) in [6.07, 6.45) is 5.19. The van der Waals surface area contributed by atoms with Crippen LogP contribution in [0.15, 0.2) is 28.8 Å². The molecule has 0 saturated heterocycles. The first-order chi connectivity index (χ1) is 9.29. The van der Waals surface area contributed by atoms with Gasteiger partial charge in [-0.2, -0.15) is 4.98 Å². The first-order valence-corrected chi connectivity index (χ1v) is 5.93. The summed E-state index contributed by atoms with van der Waals surface area (Å²) in [6, 6.07) is 7.75. The Balaban J connectivity index is 1.90. The lowest BCUT2D eigenvalue weighted by molar-refractivity contribution is 0.356. The van der Waals surface area contributed by atoms with E-state index >= 15 is 0 Å². The second-order valence-electron chi connectivity index (χ2n) is 3.94. The minimum Gasteiger partial charge on any atom is -0.481 e. The third kappa shape index (κ3) is 3.83. The number of aromatic nitrogens is 2. The van der Waals surface area contributed by atoms with Crippen LogP contribution in [0, 0.1) is 19.3 Å². The van der Waals surface area contributed by atoms with Crippen molar-refractivity contribution in [3.8, 4) is 18.1 Å². The van der Waals surface area contributed by atoms with Gasteiger partial charge in [-0.05, 0) is 13.0 Å². The van der Waals surface area contributed by atoms with Gasteiger partial charge >= 0.3 is 0 Å². The number of para-hydroxylation sites is 1. The topological polar surface area (TPSA) is 60.2 Å². The van der Waals surface area contributed by atoms with Crippen molar-refractivity contribution in [1.82, 2.24) is 15.5 Å². The maximum absolute atomic E-state index is 5.47. The van der Waals surface area contributed by atoms with Gasteiger partial charge in [0.05, 0.1) is 6.54 Å². The van der Waals surface area contributed by atoms with Gasteiger partial charge in [0.2, 0.25) is 5.89 Å². The van der Waals surface area contributed by atoms with E-state index in [1.165, 1.54) is 0 Å². The van der Waals surface area contributed by atoms with Gasteiger partial charge in [-0.25, -0.2) is 0 Å². The molecule has 0 amide bonds. The van der Waals surface area contributed by atoms with E-state index in [0.29, 0.717) is 24.8 Å². The first kappa shape index (κ1) is 13.1. The number of ether oxygens (including phenoxy) is 1. The van der Waals surface area contributed by atoms with Crippen LogP contribution in [0.3, 0.4) is 0 Å². The molecule has 0 unspecified atom stereocenters. The maximum atomic E-state index is 5.47. The zero-order valence-corrected chi connectivity index (χ0v) is 10.7. The fourth-order valence-electron chi connectivity index (χ4n) is 1.63. The molecule has 0 saturated carbocycles. The average molecular weight is 257 g/mol. The Hall–Kier alpha value is -2.32. The van der Waals surface area contributed by atoms with Crippen molar-refractivity contribution >= 4 is 0 Å². The molecule has 5 heteroatoms. The molecule has 1 N–H and O–H groups in total. The highest BCUT2D eigenvalue weighted by Crippen LogP contribution is 2.17. The molecule has 1 heterocycles. The summed E-state index contributed by atoms with van der Waals surface area (Å²) in [5, 5.41) is 6.95. The van der Waals surface area contributed by atoms with Gasteiger partial charge < -0.3 is 14.6 Å². The Bertz CT molecular complexity index is 572. The van der Waals surface area contributed by atoms with Gasteiger partial charge in [-0.1, -0.05) is 29.3 Å². The molecule has 0 spiro atoms. The summed E-state index contributed by atoms with van der Waals surface area (Å²) in [6.45, 7) is 3.21. The Morgan fingerprint density at radius 3 is 2.95 bits per heavy atom. The molecule has 0 radical (unpaired) electrons. The Kier molecular flexibility index (Phi) is 4.54. The van der Waals surface area contributed by atoms with E-state index in [9.17, 15) is 0 Å². The maximum Gasteiger partial charge on any atom is 0.240 e. The Morgan fingerprint density at radius 1 is 1.37 bits per heavy atom. The second kappa shape index (κ2) is 6.57. The molecule has 98 valence electrons. The summed E-state index contributed by atoms with van der Waals surface area (Å²) in [4.78, 5) is 4.12. The van der Waals surface area contributed by atoms with E-state index in [2.05, 4.69) is 21.4 Å². The van der Waals surface area contributed by atoms with Crippen molar-refractivity contribution in [2.75, 3.05) is 6.61 Å². The number of hydrogen-bond acceptors (Lipinski definition) is 5. The monoisotopic (exact) mass is 257 g/mol. The third-order valence-electron chi connectivity index (χ3n) is 2.44. The summed E-state index contributed by atoms with van der Waals surface area (Å²) >= 11 is 0. The molecule has 1 aromatic carbocycles. The molecule has 0 bridgehead atoms. The highest BCUT2D eigenvalue weighted by atomic mass is 16.5. The van der Waals surface area contributed by atoms with E-state index in [0.717, 1.165) is 11.3 Å². The molecule has 0 fully saturated rings. The summed E-state index contributed by atoms with van der Waals surface area (Å²) in [5.74, 6) is 4.44. The lowest BCUT2D eigenvalue weighted by atomic mass is 10.2. The van der Waals surface area contributed by atoms with Crippen LogP contribution >= 0.6 is 0 Å². The molecule has 0 atom stereocenters. The van der Waals surface area contributed by atoms with Gasteiger partial charge in [-0.3, -0.25) is 0 Å². The second-order valence-corrected chi connectivity index (χ2v) is 3.94. The highest BCUT2D eigenvalue weighted by Gasteiger charge is 2.04. The molecule has 0 aliphatic heterocycles. The summed E-state index contributed by atoms with van der Waals surface area (Å²) in [7, 11) is 0. The van der Waals surface area contributed by atoms with Crippen LogP contribution in [0.4, 0.5) is 0 Å². The van der Waals surface area contributed by atoms with Gasteiger partial charge in [0, 0.05) is 12.1 Å². The fraction of sp³-hybridized carbons (Fsp3) is 0.286. The molecule has 19 heavy (non-hydrogen) atoms. The van der Waals surface area contributed by atoms with Crippen LogP contribution in [-0.4, -0.2) is 16.7 Å². The largest absolute Gasteiger partial charge is 0.481 e. The Labute approximate surface area is 112 Å². The van der Waals surface area contributed by atoms with Gasteiger partial charge in [0.15, 0.2) is 5.82 Å². The van der Waals surface area contributed by atoms with Crippen LogP contribution in [0.25, 0.3) is 0 Å². The van der Waals surface area contributed by atoms with Gasteiger partial charge in [0.25, 0.3) is 0 Å². The van der Waals surface area contributed by atoms with Crippen molar-refractivity contribution in [2.24, 2.45) is 0 Å². The van der Waals surface area contributed by atoms with Crippen LogP contribution < -0.4 is 10.1 Å². The molecular weight excluding hydrogens is 242 g/mol. The average Bonchev–Trinajstić information content (AvgIpc) is 2.83.